The summed E-state index contributed by atoms with van der Waals surface area (Å²) < 4.78 is 10.7. The van der Waals surface area contributed by atoms with Gasteiger partial charge in [0, 0.05) is 32.9 Å². The van der Waals surface area contributed by atoms with Crippen molar-refractivity contribution in [1.29, 1.82) is 0 Å². The van der Waals surface area contributed by atoms with Crippen LogP contribution in [-0.4, -0.2) is 64.7 Å². The van der Waals surface area contributed by atoms with Crippen molar-refractivity contribution in [3.63, 3.8) is 0 Å². The van der Waals surface area contributed by atoms with Gasteiger partial charge in [0.25, 0.3) is 0 Å². The highest BCUT2D eigenvalue weighted by atomic mass is 16.5. The Labute approximate surface area is 178 Å². The molecule has 0 aliphatic carbocycles. The van der Waals surface area contributed by atoms with Gasteiger partial charge in [0.1, 0.15) is 0 Å². The van der Waals surface area contributed by atoms with Gasteiger partial charge in [-0.2, -0.15) is 0 Å². The molecule has 0 fully saturated rings. The van der Waals surface area contributed by atoms with Crippen molar-refractivity contribution in [2.45, 2.75) is 12.8 Å². The maximum absolute atomic E-state index is 12.7. The van der Waals surface area contributed by atoms with E-state index < -0.39 is 0 Å². The number of amides is 1. The summed E-state index contributed by atoms with van der Waals surface area (Å²) in [5, 5.41) is 3.19. The molecule has 0 atom stereocenters. The summed E-state index contributed by atoms with van der Waals surface area (Å²) in [7, 11) is 6.95. The van der Waals surface area contributed by atoms with Gasteiger partial charge in [-0.25, -0.2) is 0 Å². The second kappa shape index (κ2) is 10.0. The van der Waals surface area contributed by atoms with Crippen molar-refractivity contribution >= 4 is 17.6 Å². The number of para-hydroxylation sites is 1. The van der Waals surface area contributed by atoms with Gasteiger partial charge < -0.3 is 24.6 Å². The Balaban J connectivity index is 1.53. The molecule has 0 saturated carbocycles. The van der Waals surface area contributed by atoms with Gasteiger partial charge in [-0.3, -0.25) is 9.79 Å². The predicted octanol–water partition coefficient (Wildman–Crippen LogP) is 2.34. The highest BCUT2D eigenvalue weighted by Gasteiger charge is 2.24. The maximum Gasteiger partial charge on any atom is 0.246 e. The molecule has 3 rings (SSSR count). The summed E-state index contributed by atoms with van der Waals surface area (Å²) in [5.74, 6) is 2.18. The van der Waals surface area contributed by atoms with E-state index in [1.807, 2.05) is 53.2 Å². The van der Waals surface area contributed by atoms with Crippen molar-refractivity contribution in [1.82, 2.24) is 10.2 Å². The lowest BCUT2D eigenvalue weighted by atomic mass is 10.1. The number of hydrogen-bond acceptors (Lipinski definition) is 4. The third-order valence-electron chi connectivity index (χ3n) is 5.34. The molecule has 0 bridgehead atoms. The van der Waals surface area contributed by atoms with E-state index >= 15 is 0 Å². The minimum atomic E-state index is 0.0504. The molecule has 1 heterocycles. The molecule has 7 heteroatoms. The van der Waals surface area contributed by atoms with Crippen LogP contribution in [0.1, 0.15) is 11.1 Å². The average Bonchev–Trinajstić information content (AvgIpc) is 3.22. The number of nitrogens with zero attached hydrogens (tertiary/aromatic N) is 3. The van der Waals surface area contributed by atoms with Gasteiger partial charge in [-0.1, -0.05) is 24.3 Å². The van der Waals surface area contributed by atoms with E-state index in [4.69, 9.17) is 9.47 Å². The summed E-state index contributed by atoms with van der Waals surface area (Å²) in [4.78, 5) is 20.9. The number of benzene rings is 2. The zero-order valence-corrected chi connectivity index (χ0v) is 18.1. The second-order valence-corrected chi connectivity index (χ2v) is 7.19. The second-order valence-electron chi connectivity index (χ2n) is 7.19. The number of aliphatic imine (C=N–C) groups is 1. The number of nitrogens with one attached hydrogen (secondary N) is 1. The van der Waals surface area contributed by atoms with Crippen LogP contribution < -0.4 is 19.7 Å². The van der Waals surface area contributed by atoms with Crippen LogP contribution in [0.15, 0.2) is 47.5 Å². The lowest BCUT2D eigenvalue weighted by Gasteiger charge is -2.24. The standard InChI is InChI=1S/C23H30N4O3/c1-24-23(25-16-22(28)27-14-12-18-7-5-6-8-19(18)27)26(2)13-11-17-9-10-20(29-3)21(15-17)30-4/h5-10,15H,11-14,16H2,1-4H3,(H,24,25). The Morgan fingerprint density at radius 3 is 2.67 bits per heavy atom. The molecule has 0 unspecified atom stereocenters. The van der Waals surface area contributed by atoms with Crippen LogP contribution in [0.5, 0.6) is 11.5 Å². The highest BCUT2D eigenvalue weighted by Crippen LogP contribution is 2.28. The fraction of sp³-hybridized carbons (Fsp3) is 0.391. The van der Waals surface area contributed by atoms with Crippen LogP contribution in [0.25, 0.3) is 0 Å². The molecule has 0 spiro atoms. The molecule has 1 N–H and O–H groups in total. The molecular weight excluding hydrogens is 380 g/mol. The summed E-state index contributed by atoms with van der Waals surface area (Å²) in [5.41, 5.74) is 3.38. The van der Waals surface area contributed by atoms with Crippen LogP contribution in [0.4, 0.5) is 5.69 Å². The van der Waals surface area contributed by atoms with Gasteiger partial charge in [-0.05, 0) is 42.2 Å². The predicted molar refractivity (Wildman–Crippen MR) is 120 cm³/mol. The third-order valence-corrected chi connectivity index (χ3v) is 5.34. The number of carbonyl (C=O) groups excluding carboxylic acids is 1. The maximum atomic E-state index is 12.7. The van der Waals surface area contributed by atoms with Gasteiger partial charge in [0.2, 0.25) is 5.91 Å². The number of carbonyl (C=O) groups is 1. The first-order chi connectivity index (χ1) is 14.6. The zero-order chi connectivity index (χ0) is 21.5. The molecule has 7 nitrogen and oxygen atoms in total. The van der Waals surface area contributed by atoms with Crippen LogP contribution in [0.2, 0.25) is 0 Å². The number of likely N-dealkylation sites (N-methyl/N-ethyl adjacent to an activating group) is 1. The molecule has 0 radical (unpaired) electrons. The van der Waals surface area contributed by atoms with Gasteiger partial charge >= 0.3 is 0 Å². The highest BCUT2D eigenvalue weighted by molar-refractivity contribution is 5.98. The Hall–Kier alpha value is -3.22. The van der Waals surface area contributed by atoms with Crippen LogP contribution in [-0.2, 0) is 17.6 Å². The van der Waals surface area contributed by atoms with Crippen molar-refractivity contribution in [3.8, 4) is 11.5 Å². The fourth-order valence-electron chi connectivity index (χ4n) is 3.67. The fourth-order valence-corrected chi connectivity index (χ4v) is 3.67. The van der Waals surface area contributed by atoms with Gasteiger partial charge in [-0.15, -0.1) is 0 Å². The van der Waals surface area contributed by atoms with Crippen LogP contribution in [0, 0.1) is 0 Å². The molecule has 160 valence electrons. The van der Waals surface area contributed by atoms with E-state index in [1.165, 1.54) is 5.56 Å². The van der Waals surface area contributed by atoms with E-state index in [0.29, 0.717) is 11.7 Å². The lowest BCUT2D eigenvalue weighted by molar-refractivity contribution is -0.117. The summed E-state index contributed by atoms with van der Waals surface area (Å²) >= 11 is 0. The minimum Gasteiger partial charge on any atom is -0.493 e. The normalized spacial score (nSPS) is 13.1. The molecule has 2 aromatic carbocycles. The molecule has 0 aromatic heterocycles. The van der Waals surface area contributed by atoms with Gasteiger partial charge in [0.15, 0.2) is 17.5 Å². The Morgan fingerprint density at radius 1 is 1.17 bits per heavy atom. The number of methoxy groups -OCH3 is 2. The van der Waals surface area contributed by atoms with Crippen molar-refractivity contribution < 1.29 is 14.3 Å². The lowest BCUT2D eigenvalue weighted by Crippen LogP contribution is -2.45. The van der Waals surface area contributed by atoms with E-state index in [0.717, 1.165) is 42.9 Å². The Kier molecular flexibility index (Phi) is 7.17. The van der Waals surface area contributed by atoms with E-state index in [2.05, 4.69) is 16.4 Å². The number of hydrogen-bond donors (Lipinski definition) is 1. The monoisotopic (exact) mass is 410 g/mol. The molecule has 0 saturated heterocycles. The Bertz CT molecular complexity index is 913. The first-order valence-corrected chi connectivity index (χ1v) is 10.1. The number of guanidine groups is 1. The van der Waals surface area contributed by atoms with Crippen molar-refractivity contribution in [2.75, 3.05) is 52.8 Å². The smallest absolute Gasteiger partial charge is 0.246 e. The van der Waals surface area contributed by atoms with Crippen molar-refractivity contribution in [2.24, 2.45) is 4.99 Å². The molecule has 2 aromatic rings. The molecular formula is C23H30N4O3. The number of rotatable bonds is 7. The minimum absolute atomic E-state index is 0.0504. The topological polar surface area (TPSA) is 66.4 Å². The molecule has 1 aliphatic rings. The van der Waals surface area contributed by atoms with E-state index in [9.17, 15) is 4.79 Å². The largest absolute Gasteiger partial charge is 0.493 e. The van der Waals surface area contributed by atoms with E-state index in [-0.39, 0.29) is 12.5 Å². The van der Waals surface area contributed by atoms with E-state index in [1.54, 1.807) is 21.3 Å². The third kappa shape index (κ3) is 4.84. The average molecular weight is 411 g/mol. The molecule has 1 amide bonds. The summed E-state index contributed by atoms with van der Waals surface area (Å²) in [6, 6.07) is 14.0. The Morgan fingerprint density at radius 2 is 1.93 bits per heavy atom. The number of fused-ring (bicyclic) bond motifs is 1. The number of anilines is 1. The zero-order valence-electron chi connectivity index (χ0n) is 18.1. The van der Waals surface area contributed by atoms with Crippen molar-refractivity contribution in [3.05, 3.63) is 53.6 Å². The molecule has 1 aliphatic heterocycles. The van der Waals surface area contributed by atoms with Crippen LogP contribution >= 0.6 is 0 Å². The first-order valence-electron chi connectivity index (χ1n) is 10.1. The molecule has 30 heavy (non-hydrogen) atoms. The summed E-state index contributed by atoms with van der Waals surface area (Å²) in [6.07, 6.45) is 1.72. The summed E-state index contributed by atoms with van der Waals surface area (Å²) in [6.45, 7) is 1.69. The van der Waals surface area contributed by atoms with Gasteiger partial charge in [0.05, 0.1) is 20.8 Å². The quantitative estimate of drug-likeness (QED) is 0.561. The van der Waals surface area contributed by atoms with Crippen LogP contribution in [0.3, 0.4) is 0 Å². The number of ether oxygens (including phenoxy) is 2. The SMILES string of the molecule is CN=C(NCC(=O)N1CCc2ccccc21)N(C)CCc1ccc(OC)c(OC)c1. The first kappa shape index (κ1) is 21.5.